The van der Waals surface area contributed by atoms with Crippen LogP contribution in [-0.2, 0) is 9.53 Å². The van der Waals surface area contributed by atoms with Gasteiger partial charge in [-0.25, -0.2) is 0 Å². The number of carbonyl (C=O) groups excluding carboxylic acids is 1. The van der Waals surface area contributed by atoms with Gasteiger partial charge in [-0.05, 0) is 112 Å². The number of nitrogens with one attached hydrogen (secondary N) is 2. The molecule has 1 aromatic carbocycles. The molecule has 1 aromatic rings. The molecule has 0 radical (unpaired) electrons. The van der Waals surface area contributed by atoms with Crippen molar-refractivity contribution in [3.05, 3.63) is 34.4 Å². The molecule has 2 bridgehead atoms. The maximum Gasteiger partial charge on any atom is 0.312 e. The molecule has 4 saturated carbocycles. The minimum absolute atomic E-state index is 0.000528. The number of thiocarbonyl (C=S) groups is 1. The van der Waals surface area contributed by atoms with Gasteiger partial charge in [0, 0.05) is 28.9 Å². The van der Waals surface area contributed by atoms with Gasteiger partial charge < -0.3 is 10.1 Å². The van der Waals surface area contributed by atoms with E-state index in [1.165, 1.54) is 30.7 Å². The van der Waals surface area contributed by atoms with Gasteiger partial charge in [-0.3, -0.25) is 20.3 Å². The van der Waals surface area contributed by atoms with Gasteiger partial charge in [0.1, 0.15) is 0 Å². The summed E-state index contributed by atoms with van der Waals surface area (Å²) in [5.41, 5.74) is 4.99. The smallest absolute Gasteiger partial charge is 0.312 e. The van der Waals surface area contributed by atoms with Crippen molar-refractivity contribution in [3.8, 4) is 0 Å². The zero-order valence-corrected chi connectivity index (χ0v) is 23.8. The van der Waals surface area contributed by atoms with Crippen LogP contribution in [-0.4, -0.2) is 28.3 Å². The number of ether oxygens (including phenoxy) is 1. The van der Waals surface area contributed by atoms with Crippen LogP contribution in [0, 0.1) is 43.6 Å². The van der Waals surface area contributed by atoms with Crippen molar-refractivity contribution in [1.29, 1.82) is 0 Å². The van der Waals surface area contributed by atoms with Crippen LogP contribution in [0.25, 0.3) is 0 Å². The fourth-order valence-electron chi connectivity index (χ4n) is 9.19. The van der Waals surface area contributed by atoms with E-state index >= 15 is 0 Å². The number of anilines is 1. The fraction of sp³-hybridized carbons (Fsp3) is 0.690. The van der Waals surface area contributed by atoms with Crippen molar-refractivity contribution in [3.63, 3.8) is 0 Å². The Labute approximate surface area is 230 Å². The number of benzene rings is 1. The van der Waals surface area contributed by atoms with Crippen LogP contribution in [0.4, 0.5) is 11.4 Å². The molecule has 1 spiro atoms. The molecule has 0 aliphatic heterocycles. The van der Waals surface area contributed by atoms with E-state index in [0.717, 1.165) is 44.9 Å². The molecule has 0 amide bonds. The lowest BCUT2D eigenvalue weighted by atomic mass is 9.40. The highest BCUT2D eigenvalue weighted by atomic mass is 32.1. The van der Waals surface area contributed by atoms with Crippen molar-refractivity contribution < 1.29 is 14.5 Å². The molecule has 4 aliphatic carbocycles. The number of fused-ring (bicyclic) bond motifs is 3. The summed E-state index contributed by atoms with van der Waals surface area (Å²) < 4.78 is 5.61. The molecule has 4 aliphatic rings. The van der Waals surface area contributed by atoms with E-state index in [-0.39, 0.29) is 27.9 Å². The maximum absolute atomic E-state index is 13.2. The van der Waals surface area contributed by atoms with Crippen LogP contribution >= 0.6 is 12.2 Å². The molecule has 8 nitrogen and oxygen atoms in total. The number of hydrazone groups is 1. The molecule has 38 heavy (non-hydrogen) atoms. The largest absolute Gasteiger partial charge is 0.466 e. The van der Waals surface area contributed by atoms with Crippen LogP contribution < -0.4 is 10.7 Å². The molecule has 9 heteroatoms. The van der Waals surface area contributed by atoms with E-state index in [1.807, 2.05) is 6.92 Å². The summed E-state index contributed by atoms with van der Waals surface area (Å²) in [5, 5.41) is 19.2. The summed E-state index contributed by atoms with van der Waals surface area (Å²) in [7, 11) is 0. The first-order valence-electron chi connectivity index (χ1n) is 14.0. The molecule has 0 unspecified atom stereocenters. The zero-order valence-electron chi connectivity index (χ0n) is 23.0. The Hall–Kier alpha value is -2.55. The SMILES string of the molecule is CCOC(=O)[C@]1(C)CCC[C@@]2(C)[C@@H]3CC[C@@]4(C)C[C@]3(CC[C@@H]21)C/C4=N\NC(=S)Nc1ccc([N+](=O)[O-])cc1. The van der Waals surface area contributed by atoms with E-state index in [9.17, 15) is 14.9 Å². The predicted molar refractivity (Wildman–Crippen MR) is 152 cm³/mol. The topological polar surface area (TPSA) is 106 Å². The molecule has 0 heterocycles. The summed E-state index contributed by atoms with van der Waals surface area (Å²) >= 11 is 5.48. The highest BCUT2D eigenvalue weighted by Crippen LogP contribution is 2.73. The number of nitro groups is 1. The van der Waals surface area contributed by atoms with E-state index < -0.39 is 10.3 Å². The van der Waals surface area contributed by atoms with Gasteiger partial charge >= 0.3 is 5.97 Å². The van der Waals surface area contributed by atoms with Gasteiger partial charge in [-0.2, -0.15) is 5.10 Å². The highest BCUT2D eigenvalue weighted by molar-refractivity contribution is 7.80. The van der Waals surface area contributed by atoms with Crippen LogP contribution in [0.3, 0.4) is 0 Å². The first kappa shape index (κ1) is 27.0. The molecule has 6 atom stereocenters. The van der Waals surface area contributed by atoms with Crippen LogP contribution in [0.1, 0.15) is 85.5 Å². The number of non-ortho nitro benzene ring substituents is 1. The minimum Gasteiger partial charge on any atom is -0.466 e. The third-order valence-electron chi connectivity index (χ3n) is 10.8. The third kappa shape index (κ3) is 4.31. The van der Waals surface area contributed by atoms with Crippen LogP contribution in [0.5, 0.6) is 0 Å². The molecule has 2 N–H and O–H groups in total. The second kappa shape index (κ2) is 9.57. The summed E-state index contributed by atoms with van der Waals surface area (Å²) in [4.78, 5) is 23.6. The fourth-order valence-corrected chi connectivity index (χ4v) is 9.35. The second-order valence-electron chi connectivity index (χ2n) is 12.9. The lowest BCUT2D eigenvalue weighted by molar-refractivity contribution is -0.384. The van der Waals surface area contributed by atoms with Crippen LogP contribution in [0.2, 0.25) is 0 Å². The Morgan fingerprint density at radius 2 is 1.84 bits per heavy atom. The van der Waals surface area contributed by atoms with Crippen molar-refractivity contribution in [2.24, 2.45) is 38.6 Å². The van der Waals surface area contributed by atoms with E-state index in [4.69, 9.17) is 22.1 Å². The van der Waals surface area contributed by atoms with Crippen molar-refractivity contribution in [2.75, 3.05) is 11.9 Å². The summed E-state index contributed by atoms with van der Waals surface area (Å²) in [6, 6.07) is 6.18. The van der Waals surface area contributed by atoms with E-state index in [2.05, 4.69) is 31.5 Å². The number of hydrogen-bond acceptors (Lipinski definition) is 6. The molecule has 206 valence electrons. The Balaban J connectivity index is 1.32. The normalized spacial score (nSPS) is 38.6. The second-order valence-corrected chi connectivity index (χ2v) is 13.3. The highest BCUT2D eigenvalue weighted by Gasteiger charge is 2.67. The monoisotopic (exact) mass is 540 g/mol. The molecule has 5 rings (SSSR count). The van der Waals surface area contributed by atoms with E-state index in [0.29, 0.717) is 29.2 Å². The predicted octanol–water partition coefficient (Wildman–Crippen LogP) is 6.60. The number of hydrogen-bond donors (Lipinski definition) is 2. The van der Waals surface area contributed by atoms with E-state index in [1.54, 1.807) is 12.1 Å². The van der Waals surface area contributed by atoms with Crippen molar-refractivity contribution in [2.45, 2.75) is 85.5 Å². The van der Waals surface area contributed by atoms with Gasteiger partial charge in [-0.15, -0.1) is 0 Å². The third-order valence-corrected chi connectivity index (χ3v) is 10.9. The number of nitro benzene ring substituents is 1. The summed E-state index contributed by atoms with van der Waals surface area (Å²) in [6.45, 7) is 9.34. The summed E-state index contributed by atoms with van der Waals surface area (Å²) in [5.74, 6) is 0.938. The average Bonchev–Trinajstić information content (AvgIpc) is 3.07. The van der Waals surface area contributed by atoms with Gasteiger partial charge in [0.05, 0.1) is 16.9 Å². The lowest BCUT2D eigenvalue weighted by Gasteiger charge is -2.64. The lowest BCUT2D eigenvalue weighted by Crippen LogP contribution is -2.58. The first-order valence-corrected chi connectivity index (χ1v) is 14.4. The number of nitrogens with zero attached hydrogens (tertiary/aromatic N) is 2. The Morgan fingerprint density at radius 1 is 1.13 bits per heavy atom. The molecule has 0 aromatic heterocycles. The van der Waals surface area contributed by atoms with Gasteiger partial charge in [0.2, 0.25) is 0 Å². The van der Waals surface area contributed by atoms with Gasteiger partial charge in [0.15, 0.2) is 5.11 Å². The average molecular weight is 541 g/mol. The van der Waals surface area contributed by atoms with Crippen molar-refractivity contribution in [1.82, 2.24) is 5.43 Å². The standard InChI is InChI=1S/C29H40N4O4S/c1-5-37-24(34)28(4)14-6-13-27(3)21(28)12-16-29-17-23(26(2,18-29)15-11-22(27)29)31-32-25(38)30-19-7-9-20(10-8-19)33(35)36/h7-10,21-22H,5-6,11-18H2,1-4H3,(H2,30,32,38)/b31-23+/t21-,22-,26-,27+,28+,29-/m0/s1. The zero-order chi connectivity index (χ0) is 27.3. The van der Waals surface area contributed by atoms with Gasteiger partial charge in [-0.1, -0.05) is 20.3 Å². The molecular formula is C29H40N4O4S. The first-order chi connectivity index (χ1) is 18.0. The Kier molecular flexibility index (Phi) is 6.81. The number of esters is 1. The van der Waals surface area contributed by atoms with Crippen molar-refractivity contribution >= 4 is 40.4 Å². The van der Waals surface area contributed by atoms with Crippen LogP contribution in [0.15, 0.2) is 29.4 Å². The number of carbonyl (C=O) groups is 1. The minimum atomic E-state index is -0.420. The molecular weight excluding hydrogens is 500 g/mol. The molecule has 0 saturated heterocycles. The van der Waals surface area contributed by atoms with Gasteiger partial charge in [0.25, 0.3) is 5.69 Å². The quantitative estimate of drug-likeness (QED) is 0.187. The summed E-state index contributed by atoms with van der Waals surface area (Å²) in [6.07, 6.45) is 9.78. The Morgan fingerprint density at radius 3 is 2.53 bits per heavy atom. The number of rotatable bonds is 5. The maximum atomic E-state index is 13.2. The Bertz CT molecular complexity index is 1170. The molecule has 4 fully saturated rings.